The number of aliphatic hydroxyl groups excluding tert-OH is 1. The molecule has 2 atom stereocenters. The van der Waals surface area contributed by atoms with Gasteiger partial charge in [-0.25, -0.2) is 0 Å². The van der Waals surface area contributed by atoms with Gasteiger partial charge in [0.05, 0.1) is 6.10 Å². The first-order chi connectivity index (χ1) is 4.20. The number of rotatable bonds is 0. The second kappa shape index (κ2) is 2.35. The average molecular weight is 129 g/mol. The van der Waals surface area contributed by atoms with E-state index in [1.54, 1.807) is 0 Å². The normalized spacial score (nSPS) is 36.0. The standard InChI is InChI=1S/C6H11NO2/c1-4-2-6(9)7-3-5(4)8/h4-5,8H,2-3H2,1H3,(H,7,9)/t4-,5-/m1/s1. The predicted molar refractivity (Wildman–Crippen MR) is 32.8 cm³/mol. The van der Waals surface area contributed by atoms with Crippen molar-refractivity contribution in [2.75, 3.05) is 6.54 Å². The zero-order valence-electron chi connectivity index (χ0n) is 5.42. The molecule has 0 aromatic carbocycles. The fourth-order valence-corrected chi connectivity index (χ4v) is 0.920. The largest absolute Gasteiger partial charge is 0.391 e. The summed E-state index contributed by atoms with van der Waals surface area (Å²) in [6.45, 7) is 2.30. The van der Waals surface area contributed by atoms with Crippen molar-refractivity contribution in [1.82, 2.24) is 5.32 Å². The Morgan fingerprint density at radius 2 is 2.44 bits per heavy atom. The Hall–Kier alpha value is -0.570. The van der Waals surface area contributed by atoms with E-state index in [-0.39, 0.29) is 17.9 Å². The molecule has 0 aromatic rings. The van der Waals surface area contributed by atoms with Crippen LogP contribution in [-0.2, 0) is 4.79 Å². The third-order valence-corrected chi connectivity index (χ3v) is 1.67. The highest BCUT2D eigenvalue weighted by molar-refractivity contribution is 5.77. The van der Waals surface area contributed by atoms with Gasteiger partial charge < -0.3 is 10.4 Å². The molecule has 0 aromatic heterocycles. The van der Waals surface area contributed by atoms with E-state index in [1.165, 1.54) is 0 Å². The minimum atomic E-state index is -0.345. The average Bonchev–Trinajstić information content (AvgIpc) is 1.80. The zero-order chi connectivity index (χ0) is 6.85. The van der Waals surface area contributed by atoms with Crippen LogP contribution in [0.15, 0.2) is 0 Å². The van der Waals surface area contributed by atoms with Gasteiger partial charge in [-0.2, -0.15) is 0 Å². The SMILES string of the molecule is C[C@@H]1CC(=O)NC[C@H]1O. The number of carbonyl (C=O) groups excluding carboxylic acids is 1. The maximum absolute atomic E-state index is 10.6. The van der Waals surface area contributed by atoms with Crippen LogP contribution >= 0.6 is 0 Å². The van der Waals surface area contributed by atoms with Gasteiger partial charge in [0.1, 0.15) is 0 Å². The van der Waals surface area contributed by atoms with E-state index in [4.69, 9.17) is 5.11 Å². The Labute approximate surface area is 54.1 Å². The molecule has 0 unspecified atom stereocenters. The number of hydrogen-bond acceptors (Lipinski definition) is 2. The fourth-order valence-electron chi connectivity index (χ4n) is 0.920. The van der Waals surface area contributed by atoms with Crippen LogP contribution in [0.1, 0.15) is 13.3 Å². The number of amides is 1. The topological polar surface area (TPSA) is 49.3 Å². The van der Waals surface area contributed by atoms with Crippen LogP contribution in [0.2, 0.25) is 0 Å². The Balaban J connectivity index is 2.44. The lowest BCUT2D eigenvalue weighted by molar-refractivity contribution is -0.125. The molecule has 0 bridgehead atoms. The zero-order valence-corrected chi connectivity index (χ0v) is 5.42. The van der Waals surface area contributed by atoms with Crippen molar-refractivity contribution in [3.05, 3.63) is 0 Å². The first-order valence-corrected chi connectivity index (χ1v) is 3.15. The number of aliphatic hydroxyl groups is 1. The monoisotopic (exact) mass is 129 g/mol. The van der Waals surface area contributed by atoms with Crippen molar-refractivity contribution in [2.24, 2.45) is 5.92 Å². The van der Waals surface area contributed by atoms with Crippen molar-refractivity contribution in [3.8, 4) is 0 Å². The van der Waals surface area contributed by atoms with E-state index in [2.05, 4.69) is 5.32 Å². The fraction of sp³-hybridized carbons (Fsp3) is 0.833. The molecule has 9 heavy (non-hydrogen) atoms. The van der Waals surface area contributed by atoms with Crippen LogP contribution in [-0.4, -0.2) is 23.7 Å². The van der Waals surface area contributed by atoms with Crippen LogP contribution < -0.4 is 5.32 Å². The van der Waals surface area contributed by atoms with Gasteiger partial charge in [-0.05, 0) is 5.92 Å². The summed E-state index contributed by atoms with van der Waals surface area (Å²) in [6.07, 6.45) is 0.115. The molecule has 1 amide bonds. The van der Waals surface area contributed by atoms with Gasteiger partial charge in [-0.3, -0.25) is 4.79 Å². The van der Waals surface area contributed by atoms with Crippen LogP contribution in [0.5, 0.6) is 0 Å². The molecule has 1 aliphatic heterocycles. The Morgan fingerprint density at radius 3 is 2.89 bits per heavy atom. The highest BCUT2D eigenvalue weighted by Crippen LogP contribution is 2.10. The molecular weight excluding hydrogens is 118 g/mol. The molecule has 0 aliphatic carbocycles. The Bertz CT molecular complexity index is 124. The molecule has 2 N–H and O–H groups in total. The van der Waals surface area contributed by atoms with Crippen molar-refractivity contribution in [2.45, 2.75) is 19.4 Å². The minimum Gasteiger partial charge on any atom is -0.391 e. The summed E-state index contributed by atoms with van der Waals surface area (Å²) in [5, 5.41) is 11.7. The van der Waals surface area contributed by atoms with Gasteiger partial charge in [0.2, 0.25) is 5.91 Å². The molecule has 0 spiro atoms. The van der Waals surface area contributed by atoms with Crippen LogP contribution in [0.3, 0.4) is 0 Å². The number of β-amino-alcohol motifs (C(OH)–C–C–N with tert-alkyl or cyclic N) is 1. The van der Waals surface area contributed by atoms with E-state index in [9.17, 15) is 4.79 Å². The molecule has 1 fully saturated rings. The van der Waals surface area contributed by atoms with Crippen molar-refractivity contribution in [3.63, 3.8) is 0 Å². The van der Waals surface area contributed by atoms with Crippen LogP contribution in [0.25, 0.3) is 0 Å². The summed E-state index contributed by atoms with van der Waals surface area (Å²) in [5.74, 6) is 0.173. The number of hydrogen-bond donors (Lipinski definition) is 2. The molecular formula is C6H11NO2. The lowest BCUT2D eigenvalue weighted by Crippen LogP contribution is -2.42. The van der Waals surface area contributed by atoms with Crippen molar-refractivity contribution in [1.29, 1.82) is 0 Å². The first-order valence-electron chi connectivity index (χ1n) is 3.15. The molecule has 1 saturated heterocycles. The number of piperidine rings is 1. The molecule has 3 nitrogen and oxygen atoms in total. The predicted octanol–water partition coefficient (Wildman–Crippen LogP) is -0.497. The molecule has 1 rings (SSSR count). The third kappa shape index (κ3) is 1.42. The Kier molecular flexibility index (Phi) is 1.71. The first kappa shape index (κ1) is 6.55. The molecule has 1 aliphatic rings. The van der Waals surface area contributed by atoms with Crippen molar-refractivity contribution < 1.29 is 9.90 Å². The minimum absolute atomic E-state index is 0.0489. The number of carbonyl (C=O) groups is 1. The Morgan fingerprint density at radius 1 is 1.78 bits per heavy atom. The summed E-state index contributed by atoms with van der Waals surface area (Å²) in [6, 6.07) is 0. The maximum atomic E-state index is 10.6. The summed E-state index contributed by atoms with van der Waals surface area (Å²) in [4.78, 5) is 10.6. The van der Waals surface area contributed by atoms with Crippen molar-refractivity contribution >= 4 is 5.91 Å². The van der Waals surface area contributed by atoms with E-state index in [0.29, 0.717) is 13.0 Å². The molecule has 3 heteroatoms. The molecule has 0 radical (unpaired) electrons. The van der Waals surface area contributed by atoms with Gasteiger partial charge in [0.25, 0.3) is 0 Å². The maximum Gasteiger partial charge on any atom is 0.220 e. The summed E-state index contributed by atoms with van der Waals surface area (Å²) in [7, 11) is 0. The van der Waals surface area contributed by atoms with Crippen LogP contribution in [0, 0.1) is 5.92 Å². The van der Waals surface area contributed by atoms with Gasteiger partial charge in [-0.15, -0.1) is 0 Å². The van der Waals surface area contributed by atoms with E-state index in [0.717, 1.165) is 0 Å². The third-order valence-electron chi connectivity index (χ3n) is 1.67. The van der Waals surface area contributed by atoms with E-state index >= 15 is 0 Å². The molecule has 1 heterocycles. The summed E-state index contributed by atoms with van der Waals surface area (Å²) < 4.78 is 0. The highest BCUT2D eigenvalue weighted by atomic mass is 16.3. The van der Waals surface area contributed by atoms with Gasteiger partial charge >= 0.3 is 0 Å². The van der Waals surface area contributed by atoms with Gasteiger partial charge in [0.15, 0.2) is 0 Å². The van der Waals surface area contributed by atoms with E-state index in [1.807, 2.05) is 6.92 Å². The second-order valence-corrected chi connectivity index (χ2v) is 2.55. The van der Waals surface area contributed by atoms with Gasteiger partial charge in [-0.1, -0.05) is 6.92 Å². The van der Waals surface area contributed by atoms with Crippen LogP contribution in [0.4, 0.5) is 0 Å². The van der Waals surface area contributed by atoms with E-state index < -0.39 is 0 Å². The lowest BCUT2D eigenvalue weighted by atomic mass is 9.97. The number of nitrogens with one attached hydrogen (secondary N) is 1. The molecule has 0 saturated carbocycles. The quantitative estimate of drug-likeness (QED) is 0.463. The highest BCUT2D eigenvalue weighted by Gasteiger charge is 2.22. The summed E-state index contributed by atoms with van der Waals surface area (Å²) >= 11 is 0. The van der Waals surface area contributed by atoms with Gasteiger partial charge in [0, 0.05) is 13.0 Å². The lowest BCUT2D eigenvalue weighted by Gasteiger charge is -2.23. The summed E-state index contributed by atoms with van der Waals surface area (Å²) in [5.41, 5.74) is 0. The second-order valence-electron chi connectivity index (χ2n) is 2.55. The molecule has 52 valence electrons. The smallest absolute Gasteiger partial charge is 0.220 e.